The van der Waals surface area contributed by atoms with E-state index in [-0.39, 0.29) is 5.97 Å². The van der Waals surface area contributed by atoms with Gasteiger partial charge in [-0.15, -0.1) is 0 Å². The van der Waals surface area contributed by atoms with E-state index in [1.165, 1.54) is 17.5 Å². The average Bonchev–Trinajstić information content (AvgIpc) is 2.86. The molecule has 0 unspecified atom stereocenters. The van der Waals surface area contributed by atoms with E-state index in [9.17, 15) is 4.79 Å². The second-order valence-electron chi connectivity index (χ2n) is 4.72. The molecule has 1 aliphatic carbocycles. The first-order chi connectivity index (χ1) is 8.09. The van der Waals surface area contributed by atoms with Crippen molar-refractivity contribution in [3.8, 4) is 0 Å². The molecule has 17 heavy (non-hydrogen) atoms. The predicted octanol–water partition coefficient (Wildman–Crippen LogP) is 1.66. The van der Waals surface area contributed by atoms with E-state index in [0.29, 0.717) is 29.6 Å². The molecule has 1 aliphatic rings. The van der Waals surface area contributed by atoms with Gasteiger partial charge in [-0.25, -0.2) is 4.79 Å². The van der Waals surface area contributed by atoms with Crippen molar-refractivity contribution in [3.63, 3.8) is 0 Å². The minimum absolute atomic E-state index is 0.362. The molecule has 2 N–H and O–H groups in total. The van der Waals surface area contributed by atoms with Crippen molar-refractivity contribution in [2.75, 3.05) is 12.3 Å². The summed E-state index contributed by atoms with van der Waals surface area (Å²) < 4.78 is 6.79. The number of hydrogen-bond donors (Lipinski definition) is 1. The number of esters is 1. The van der Waals surface area contributed by atoms with Crippen molar-refractivity contribution in [3.05, 3.63) is 11.4 Å². The number of nitrogens with zero attached hydrogens (tertiary/aromatic N) is 2. The standard InChI is InChI=1S/C12H19N3O2/c1-8-10(13)11(15(2)14-8)12(16)17-7-9-5-3-4-6-9/h9H,3-7,13H2,1-2H3. The minimum Gasteiger partial charge on any atom is -0.461 e. The summed E-state index contributed by atoms with van der Waals surface area (Å²) in [5.41, 5.74) is 7.25. The van der Waals surface area contributed by atoms with Gasteiger partial charge in [0.15, 0.2) is 5.69 Å². The van der Waals surface area contributed by atoms with E-state index in [1.54, 1.807) is 14.0 Å². The van der Waals surface area contributed by atoms with Gasteiger partial charge in [-0.2, -0.15) is 5.10 Å². The van der Waals surface area contributed by atoms with Gasteiger partial charge in [-0.1, -0.05) is 12.8 Å². The third kappa shape index (κ3) is 2.43. The fourth-order valence-electron chi connectivity index (χ4n) is 2.36. The van der Waals surface area contributed by atoms with Crippen LogP contribution in [0.2, 0.25) is 0 Å². The Bertz CT molecular complexity index is 420. The molecule has 1 fully saturated rings. The van der Waals surface area contributed by atoms with Crippen molar-refractivity contribution in [1.82, 2.24) is 9.78 Å². The molecule has 1 aromatic heterocycles. The zero-order valence-corrected chi connectivity index (χ0v) is 10.4. The molecule has 0 aliphatic heterocycles. The highest BCUT2D eigenvalue weighted by molar-refractivity contribution is 5.93. The number of nitrogen functional groups attached to an aromatic ring is 1. The van der Waals surface area contributed by atoms with Gasteiger partial charge < -0.3 is 10.5 Å². The molecule has 0 spiro atoms. The van der Waals surface area contributed by atoms with Gasteiger partial charge in [0.2, 0.25) is 0 Å². The van der Waals surface area contributed by atoms with Crippen LogP contribution in [0.5, 0.6) is 0 Å². The van der Waals surface area contributed by atoms with Gasteiger partial charge in [0.05, 0.1) is 18.0 Å². The third-order valence-corrected chi connectivity index (χ3v) is 3.39. The van der Waals surface area contributed by atoms with Gasteiger partial charge >= 0.3 is 5.97 Å². The highest BCUT2D eigenvalue weighted by Crippen LogP contribution is 2.25. The van der Waals surface area contributed by atoms with Crippen LogP contribution in [0.15, 0.2) is 0 Å². The monoisotopic (exact) mass is 237 g/mol. The Morgan fingerprint density at radius 2 is 2.18 bits per heavy atom. The number of rotatable bonds is 3. The summed E-state index contributed by atoms with van der Waals surface area (Å²) in [4.78, 5) is 11.9. The molecule has 0 atom stereocenters. The first kappa shape index (κ1) is 12.0. The third-order valence-electron chi connectivity index (χ3n) is 3.39. The van der Waals surface area contributed by atoms with Crippen LogP contribution < -0.4 is 5.73 Å². The lowest BCUT2D eigenvalue weighted by atomic mass is 10.1. The maximum absolute atomic E-state index is 11.9. The Morgan fingerprint density at radius 3 is 2.71 bits per heavy atom. The summed E-state index contributed by atoms with van der Waals surface area (Å²) in [6, 6.07) is 0. The average molecular weight is 237 g/mol. The number of nitrogens with two attached hydrogens (primary N) is 1. The molecule has 2 rings (SSSR count). The molecule has 0 bridgehead atoms. The molecule has 1 saturated carbocycles. The number of hydrogen-bond acceptors (Lipinski definition) is 4. The van der Waals surface area contributed by atoms with Crippen LogP contribution in [0.4, 0.5) is 5.69 Å². The lowest BCUT2D eigenvalue weighted by molar-refractivity contribution is 0.0431. The van der Waals surface area contributed by atoms with E-state index in [2.05, 4.69) is 5.10 Å². The first-order valence-electron chi connectivity index (χ1n) is 6.05. The second kappa shape index (κ2) is 4.77. The molecule has 5 heteroatoms. The Morgan fingerprint density at radius 1 is 1.53 bits per heavy atom. The smallest absolute Gasteiger partial charge is 0.358 e. The molecule has 1 heterocycles. The van der Waals surface area contributed by atoms with E-state index in [4.69, 9.17) is 10.5 Å². The fraction of sp³-hybridized carbons (Fsp3) is 0.667. The quantitative estimate of drug-likeness (QED) is 0.812. The number of aryl methyl sites for hydroxylation is 2. The molecule has 0 saturated heterocycles. The minimum atomic E-state index is -0.363. The molecule has 94 valence electrons. The highest BCUT2D eigenvalue weighted by Gasteiger charge is 2.22. The maximum Gasteiger partial charge on any atom is 0.358 e. The second-order valence-corrected chi connectivity index (χ2v) is 4.72. The van der Waals surface area contributed by atoms with Gasteiger partial charge in [-0.3, -0.25) is 4.68 Å². The van der Waals surface area contributed by atoms with Crippen LogP contribution in [-0.2, 0) is 11.8 Å². The molecule has 0 amide bonds. The van der Waals surface area contributed by atoms with Crippen molar-refractivity contribution in [2.45, 2.75) is 32.6 Å². The molecule has 0 radical (unpaired) electrons. The SMILES string of the molecule is Cc1nn(C)c(C(=O)OCC2CCCC2)c1N. The largest absolute Gasteiger partial charge is 0.461 e. The summed E-state index contributed by atoms with van der Waals surface area (Å²) in [6.45, 7) is 2.28. The lowest BCUT2D eigenvalue weighted by Gasteiger charge is -2.10. The van der Waals surface area contributed by atoms with Crippen molar-refractivity contribution in [1.29, 1.82) is 0 Å². The number of aromatic nitrogens is 2. The molecule has 1 aromatic rings. The topological polar surface area (TPSA) is 70.1 Å². The zero-order chi connectivity index (χ0) is 12.4. The van der Waals surface area contributed by atoms with Crippen LogP contribution in [0.25, 0.3) is 0 Å². The number of carbonyl (C=O) groups excluding carboxylic acids is 1. The van der Waals surface area contributed by atoms with Crippen LogP contribution in [0.3, 0.4) is 0 Å². The fourth-order valence-corrected chi connectivity index (χ4v) is 2.36. The Labute approximate surface area is 101 Å². The highest BCUT2D eigenvalue weighted by atomic mass is 16.5. The zero-order valence-electron chi connectivity index (χ0n) is 10.4. The van der Waals surface area contributed by atoms with Crippen LogP contribution in [0, 0.1) is 12.8 Å². The normalized spacial score (nSPS) is 16.4. The van der Waals surface area contributed by atoms with E-state index >= 15 is 0 Å². The summed E-state index contributed by atoms with van der Waals surface area (Å²) in [6.07, 6.45) is 4.81. The number of carbonyl (C=O) groups is 1. The van der Waals surface area contributed by atoms with Gasteiger partial charge in [0.25, 0.3) is 0 Å². The molecule has 0 aromatic carbocycles. The summed E-state index contributed by atoms with van der Waals surface area (Å²) in [5.74, 6) is 0.159. The van der Waals surface area contributed by atoms with Crippen LogP contribution in [-0.4, -0.2) is 22.4 Å². The summed E-state index contributed by atoms with van der Waals surface area (Å²) in [5, 5.41) is 4.10. The summed E-state index contributed by atoms with van der Waals surface area (Å²) in [7, 11) is 1.70. The Hall–Kier alpha value is -1.52. The first-order valence-corrected chi connectivity index (χ1v) is 6.05. The van der Waals surface area contributed by atoms with E-state index in [0.717, 1.165) is 12.8 Å². The van der Waals surface area contributed by atoms with E-state index < -0.39 is 0 Å². The molecular formula is C12H19N3O2. The van der Waals surface area contributed by atoms with Crippen LogP contribution in [0.1, 0.15) is 41.9 Å². The lowest BCUT2D eigenvalue weighted by Crippen LogP contribution is -2.16. The van der Waals surface area contributed by atoms with Gasteiger partial charge in [0.1, 0.15) is 0 Å². The maximum atomic E-state index is 11.9. The molecule has 5 nitrogen and oxygen atoms in total. The summed E-state index contributed by atoms with van der Waals surface area (Å²) >= 11 is 0. The number of ether oxygens (including phenoxy) is 1. The van der Waals surface area contributed by atoms with Crippen molar-refractivity contribution < 1.29 is 9.53 Å². The Balaban J connectivity index is 1.99. The predicted molar refractivity (Wildman–Crippen MR) is 64.6 cm³/mol. The number of anilines is 1. The Kier molecular flexibility index (Phi) is 3.36. The van der Waals surface area contributed by atoms with E-state index in [1.807, 2.05) is 0 Å². The van der Waals surface area contributed by atoms with Gasteiger partial charge in [-0.05, 0) is 25.7 Å². The van der Waals surface area contributed by atoms with Crippen molar-refractivity contribution in [2.24, 2.45) is 13.0 Å². The van der Waals surface area contributed by atoms with Crippen LogP contribution >= 0.6 is 0 Å². The van der Waals surface area contributed by atoms with Crippen molar-refractivity contribution >= 4 is 11.7 Å². The van der Waals surface area contributed by atoms with Gasteiger partial charge in [0, 0.05) is 7.05 Å². The molecular weight excluding hydrogens is 218 g/mol.